The van der Waals surface area contributed by atoms with E-state index in [1.165, 1.54) is 0 Å². The number of hydrogen-bond donors (Lipinski definition) is 1. The molecule has 5 rings (SSSR count). The number of aromatic nitrogens is 2. The van der Waals surface area contributed by atoms with Crippen molar-refractivity contribution in [2.75, 3.05) is 53.5 Å². The SMILES string of the molecule is COc1ccc(C(O)CN2CCN(CCCn3nc(Cc4ccc(Cl)cc4)c4ccccc4c3=O)CC2)c(OC)c1. The Bertz CT molecular complexity index is 1520. The summed E-state index contributed by atoms with van der Waals surface area (Å²) in [6.45, 7) is 5.56. The highest BCUT2D eigenvalue weighted by Crippen LogP contribution is 2.30. The molecule has 0 saturated carbocycles. The minimum atomic E-state index is -0.643. The molecule has 9 heteroatoms. The Morgan fingerprint density at radius 3 is 2.32 bits per heavy atom. The minimum Gasteiger partial charge on any atom is -0.497 e. The van der Waals surface area contributed by atoms with Crippen molar-refractivity contribution in [1.29, 1.82) is 0 Å². The molecular weight excluding hydrogens is 540 g/mol. The molecular formula is C32H37ClN4O4. The molecule has 4 aromatic rings. The second kappa shape index (κ2) is 13.5. The first-order valence-electron chi connectivity index (χ1n) is 14.0. The van der Waals surface area contributed by atoms with E-state index in [1.807, 2.05) is 60.7 Å². The van der Waals surface area contributed by atoms with E-state index in [9.17, 15) is 9.90 Å². The molecule has 3 aromatic carbocycles. The van der Waals surface area contributed by atoms with E-state index in [-0.39, 0.29) is 5.56 Å². The van der Waals surface area contributed by atoms with Crippen molar-refractivity contribution >= 4 is 22.4 Å². The fourth-order valence-electron chi connectivity index (χ4n) is 5.46. The zero-order valence-corrected chi connectivity index (χ0v) is 24.4. The molecule has 1 saturated heterocycles. The van der Waals surface area contributed by atoms with Crippen LogP contribution in [0.3, 0.4) is 0 Å². The molecule has 1 N–H and O–H groups in total. The summed E-state index contributed by atoms with van der Waals surface area (Å²) in [6, 6.07) is 21.0. The first-order chi connectivity index (χ1) is 19.9. The predicted molar refractivity (Wildman–Crippen MR) is 162 cm³/mol. The molecule has 1 unspecified atom stereocenters. The lowest BCUT2D eigenvalue weighted by Crippen LogP contribution is -2.47. The first kappa shape index (κ1) is 29.1. The normalized spacial score (nSPS) is 15.2. The third-order valence-electron chi connectivity index (χ3n) is 7.77. The molecule has 216 valence electrons. The van der Waals surface area contributed by atoms with Gasteiger partial charge in [0.1, 0.15) is 11.5 Å². The Balaban J connectivity index is 1.16. The quantitative estimate of drug-likeness (QED) is 0.283. The van der Waals surface area contributed by atoms with Gasteiger partial charge in [-0.2, -0.15) is 5.10 Å². The first-order valence-corrected chi connectivity index (χ1v) is 14.4. The summed E-state index contributed by atoms with van der Waals surface area (Å²) in [5.74, 6) is 1.33. The Kier molecular flexibility index (Phi) is 9.57. The largest absolute Gasteiger partial charge is 0.497 e. The highest BCUT2D eigenvalue weighted by molar-refractivity contribution is 6.30. The van der Waals surface area contributed by atoms with Crippen molar-refractivity contribution in [3.8, 4) is 11.5 Å². The van der Waals surface area contributed by atoms with Gasteiger partial charge in [-0.3, -0.25) is 9.69 Å². The number of β-amino-alcohol motifs (C(OH)–C–C–N with tert-alkyl or cyclic N) is 1. The molecule has 1 aliphatic rings. The maximum Gasteiger partial charge on any atom is 0.274 e. The van der Waals surface area contributed by atoms with Crippen LogP contribution in [0.15, 0.2) is 71.5 Å². The van der Waals surface area contributed by atoms with Gasteiger partial charge in [0.25, 0.3) is 5.56 Å². The van der Waals surface area contributed by atoms with Crippen molar-refractivity contribution in [2.24, 2.45) is 0 Å². The molecule has 2 heterocycles. The van der Waals surface area contributed by atoms with Gasteiger partial charge in [-0.15, -0.1) is 0 Å². The third kappa shape index (κ3) is 7.08. The number of hydrogen-bond acceptors (Lipinski definition) is 7. The topological polar surface area (TPSA) is 80.1 Å². The lowest BCUT2D eigenvalue weighted by atomic mass is 10.0. The van der Waals surface area contributed by atoms with Crippen LogP contribution >= 0.6 is 11.6 Å². The minimum absolute atomic E-state index is 0.0479. The summed E-state index contributed by atoms with van der Waals surface area (Å²) < 4.78 is 12.4. The van der Waals surface area contributed by atoms with Crippen LogP contribution in [-0.2, 0) is 13.0 Å². The van der Waals surface area contributed by atoms with E-state index < -0.39 is 6.10 Å². The zero-order valence-electron chi connectivity index (χ0n) is 23.6. The number of aliphatic hydroxyl groups excluding tert-OH is 1. The number of fused-ring (bicyclic) bond motifs is 1. The van der Waals surface area contributed by atoms with Crippen LogP contribution in [0.25, 0.3) is 10.8 Å². The number of halogens is 1. The van der Waals surface area contributed by atoms with Gasteiger partial charge in [-0.25, -0.2) is 4.68 Å². The fourth-order valence-corrected chi connectivity index (χ4v) is 5.59. The Labute approximate surface area is 245 Å². The summed E-state index contributed by atoms with van der Waals surface area (Å²) in [5, 5.41) is 18.0. The molecule has 0 spiro atoms. The van der Waals surface area contributed by atoms with E-state index in [0.717, 1.165) is 61.4 Å². The molecule has 1 aromatic heterocycles. The van der Waals surface area contributed by atoms with Crippen LogP contribution in [0.5, 0.6) is 11.5 Å². The maximum absolute atomic E-state index is 13.2. The molecule has 41 heavy (non-hydrogen) atoms. The predicted octanol–water partition coefficient (Wildman–Crippen LogP) is 4.40. The van der Waals surface area contributed by atoms with Crippen LogP contribution in [0.2, 0.25) is 5.02 Å². The summed E-state index contributed by atoms with van der Waals surface area (Å²) in [5.41, 5.74) is 2.71. The number of nitrogens with zero attached hydrogens (tertiary/aromatic N) is 4. The molecule has 1 aliphatic heterocycles. The standard InChI is InChI=1S/C32H37ClN4O4/c1-40-25-12-13-28(31(21-25)41-2)30(38)22-36-18-16-35(17-19-36)14-5-15-37-32(39)27-7-4-3-6-26(27)29(34-37)20-23-8-10-24(33)11-9-23/h3-4,6-13,21,30,38H,5,14-20,22H2,1-2H3. The second-order valence-corrected chi connectivity index (χ2v) is 10.9. The smallest absolute Gasteiger partial charge is 0.274 e. The van der Waals surface area contributed by atoms with Crippen molar-refractivity contribution in [1.82, 2.24) is 19.6 Å². The average Bonchev–Trinajstić information content (AvgIpc) is 3.00. The Morgan fingerprint density at radius 1 is 0.902 bits per heavy atom. The van der Waals surface area contributed by atoms with Crippen LogP contribution in [-0.4, -0.2) is 78.2 Å². The Morgan fingerprint density at radius 2 is 1.61 bits per heavy atom. The summed E-state index contributed by atoms with van der Waals surface area (Å²) in [4.78, 5) is 17.9. The van der Waals surface area contributed by atoms with Gasteiger partial charge < -0.3 is 19.5 Å². The van der Waals surface area contributed by atoms with Crippen molar-refractivity contribution in [3.63, 3.8) is 0 Å². The maximum atomic E-state index is 13.2. The highest BCUT2D eigenvalue weighted by atomic mass is 35.5. The molecule has 1 atom stereocenters. The highest BCUT2D eigenvalue weighted by Gasteiger charge is 2.22. The summed E-state index contributed by atoms with van der Waals surface area (Å²) in [6.07, 6.45) is 0.821. The summed E-state index contributed by atoms with van der Waals surface area (Å²) >= 11 is 6.07. The van der Waals surface area contributed by atoms with Gasteiger partial charge in [0, 0.05) is 74.3 Å². The number of aryl methyl sites for hydroxylation is 1. The van der Waals surface area contributed by atoms with Crippen molar-refractivity contribution in [2.45, 2.75) is 25.5 Å². The van der Waals surface area contributed by atoms with E-state index in [1.54, 1.807) is 25.0 Å². The summed E-state index contributed by atoms with van der Waals surface area (Å²) in [7, 11) is 3.22. The third-order valence-corrected chi connectivity index (χ3v) is 8.02. The van der Waals surface area contributed by atoms with Gasteiger partial charge in [-0.05, 0) is 42.3 Å². The monoisotopic (exact) mass is 576 g/mol. The number of ether oxygens (including phenoxy) is 2. The molecule has 0 amide bonds. The fraction of sp³-hybridized carbons (Fsp3) is 0.375. The molecule has 0 bridgehead atoms. The van der Waals surface area contributed by atoms with E-state index in [0.29, 0.717) is 41.4 Å². The zero-order chi connectivity index (χ0) is 28.8. The number of benzene rings is 3. The van der Waals surface area contributed by atoms with Gasteiger partial charge in [0.05, 0.1) is 31.4 Å². The van der Waals surface area contributed by atoms with Crippen molar-refractivity contribution in [3.05, 3.63) is 98.9 Å². The number of methoxy groups -OCH3 is 2. The van der Waals surface area contributed by atoms with Gasteiger partial charge in [0.2, 0.25) is 0 Å². The molecule has 1 fully saturated rings. The second-order valence-electron chi connectivity index (χ2n) is 10.4. The Hall–Kier alpha value is -3.43. The van der Waals surface area contributed by atoms with Crippen molar-refractivity contribution < 1.29 is 14.6 Å². The van der Waals surface area contributed by atoms with Gasteiger partial charge in [-0.1, -0.05) is 41.9 Å². The van der Waals surface area contributed by atoms with Crippen LogP contribution in [0.4, 0.5) is 0 Å². The average molecular weight is 577 g/mol. The van der Waals surface area contributed by atoms with Crippen LogP contribution in [0, 0.1) is 0 Å². The number of aliphatic hydroxyl groups is 1. The van der Waals surface area contributed by atoms with Gasteiger partial charge >= 0.3 is 0 Å². The van der Waals surface area contributed by atoms with Crippen LogP contribution < -0.4 is 15.0 Å². The number of piperazine rings is 1. The number of rotatable bonds is 11. The van der Waals surface area contributed by atoms with E-state index >= 15 is 0 Å². The van der Waals surface area contributed by atoms with E-state index in [4.69, 9.17) is 26.2 Å². The van der Waals surface area contributed by atoms with Crippen LogP contribution in [0.1, 0.15) is 29.3 Å². The van der Waals surface area contributed by atoms with Gasteiger partial charge in [0.15, 0.2) is 0 Å². The lowest BCUT2D eigenvalue weighted by Gasteiger charge is -2.35. The van der Waals surface area contributed by atoms with E-state index in [2.05, 4.69) is 9.80 Å². The molecule has 0 aliphatic carbocycles. The molecule has 0 radical (unpaired) electrons. The lowest BCUT2D eigenvalue weighted by molar-refractivity contribution is 0.0705. The molecule has 8 nitrogen and oxygen atoms in total.